The van der Waals surface area contributed by atoms with Crippen molar-refractivity contribution in [3.63, 3.8) is 0 Å². The van der Waals surface area contributed by atoms with Crippen LogP contribution in [0.4, 0.5) is 18.9 Å². The van der Waals surface area contributed by atoms with Crippen molar-refractivity contribution in [3.05, 3.63) is 118 Å². The van der Waals surface area contributed by atoms with Gasteiger partial charge in [-0.2, -0.15) is 13.2 Å². The Morgan fingerprint density at radius 1 is 0.709 bits per heavy atom. The number of morpholine rings is 1. The van der Waals surface area contributed by atoms with E-state index in [1.807, 2.05) is 48.5 Å². The molecule has 9 rings (SSSR count). The van der Waals surface area contributed by atoms with E-state index in [9.17, 15) is 13.2 Å². The van der Waals surface area contributed by atoms with Crippen LogP contribution in [-0.4, -0.2) is 47.6 Å². The first kappa shape index (κ1) is 35.5. The summed E-state index contributed by atoms with van der Waals surface area (Å²) in [7, 11) is 4.97. The highest BCUT2D eigenvalue weighted by Crippen LogP contribution is 2.63. The van der Waals surface area contributed by atoms with E-state index in [4.69, 9.17) is 23.7 Å². The number of halogens is 3. The first-order valence-corrected chi connectivity index (χ1v) is 19.1. The number of rotatable bonds is 6. The molecule has 1 saturated heterocycles. The van der Waals surface area contributed by atoms with Crippen molar-refractivity contribution in [1.82, 2.24) is 0 Å². The molecule has 55 heavy (non-hydrogen) atoms. The third-order valence-corrected chi connectivity index (χ3v) is 12.3. The number of methoxy groups -OCH3 is 3. The summed E-state index contributed by atoms with van der Waals surface area (Å²) in [5.74, 6) is 2.83. The molecule has 5 aromatic rings. The second-order valence-corrected chi connectivity index (χ2v) is 15.0. The van der Waals surface area contributed by atoms with Gasteiger partial charge in [-0.1, -0.05) is 62.1 Å². The number of alkyl halides is 3. The van der Waals surface area contributed by atoms with Gasteiger partial charge in [-0.15, -0.1) is 0 Å². The highest BCUT2D eigenvalue weighted by atomic mass is 19.4. The first-order chi connectivity index (χ1) is 26.7. The van der Waals surface area contributed by atoms with Crippen molar-refractivity contribution >= 4 is 22.5 Å². The summed E-state index contributed by atoms with van der Waals surface area (Å²) in [4.78, 5) is 2.28. The normalized spacial score (nSPS) is 18.3. The number of hydrogen-bond acceptors (Lipinski definition) is 6. The van der Waals surface area contributed by atoms with Gasteiger partial charge in [0, 0.05) is 40.6 Å². The smallest absolute Gasteiger partial charge is 0.416 e. The number of nitrogens with zero attached hydrogens (tertiary/aromatic N) is 1. The van der Waals surface area contributed by atoms with E-state index >= 15 is 0 Å². The van der Waals surface area contributed by atoms with Crippen molar-refractivity contribution in [3.8, 4) is 34.1 Å². The van der Waals surface area contributed by atoms with E-state index in [0.717, 1.165) is 105 Å². The van der Waals surface area contributed by atoms with E-state index in [1.165, 1.54) is 12.1 Å². The predicted molar refractivity (Wildman–Crippen MR) is 209 cm³/mol. The molecule has 0 bridgehead atoms. The monoisotopic (exact) mass is 747 g/mol. The second-order valence-electron chi connectivity index (χ2n) is 15.0. The van der Waals surface area contributed by atoms with E-state index in [2.05, 4.69) is 29.2 Å². The van der Waals surface area contributed by atoms with Crippen LogP contribution in [0, 0.1) is 0 Å². The lowest BCUT2D eigenvalue weighted by atomic mass is 9.69. The summed E-state index contributed by atoms with van der Waals surface area (Å²) < 4.78 is 74.0. The van der Waals surface area contributed by atoms with Gasteiger partial charge >= 0.3 is 6.18 Å². The Morgan fingerprint density at radius 3 is 1.93 bits per heavy atom. The molecule has 0 amide bonds. The Hall–Kier alpha value is -5.15. The zero-order valence-corrected chi connectivity index (χ0v) is 31.4. The molecule has 2 aliphatic heterocycles. The van der Waals surface area contributed by atoms with Crippen molar-refractivity contribution in [2.75, 3.05) is 52.5 Å². The topological polar surface area (TPSA) is 49.4 Å². The number of hydrogen-bond donors (Lipinski definition) is 0. The van der Waals surface area contributed by atoms with Gasteiger partial charge in [0.2, 0.25) is 0 Å². The molecule has 2 fully saturated rings. The van der Waals surface area contributed by atoms with Crippen LogP contribution in [0.2, 0.25) is 0 Å². The summed E-state index contributed by atoms with van der Waals surface area (Å²) in [5.41, 5.74) is 5.04. The van der Waals surface area contributed by atoms with Gasteiger partial charge in [0.25, 0.3) is 0 Å². The van der Waals surface area contributed by atoms with Gasteiger partial charge in [-0.25, -0.2) is 0 Å². The van der Waals surface area contributed by atoms with E-state index in [0.29, 0.717) is 37.8 Å². The van der Waals surface area contributed by atoms with Gasteiger partial charge in [-0.05, 0) is 95.1 Å². The standard InChI is InChI=1S/C46H44F3NO5/c1-51-32-13-8-29(9-14-32)45(30-10-15-33(52-2)16-11-30)21-18-35-42-41(34-17-12-31(46(47,48)49)26-38(34)44(42)19-6-4-5-7-20-44)36-27-39(50-22-24-54-25-23-50)40(53-3)28-37(36)43(35)55-45/h8-18,21,26-28H,4-7,19-20,22-25H2,1-3H3. The third-order valence-electron chi connectivity index (χ3n) is 12.3. The van der Waals surface area contributed by atoms with Crippen molar-refractivity contribution in [2.45, 2.75) is 55.7 Å². The number of fused-ring (bicyclic) bond motifs is 10. The quantitative estimate of drug-likeness (QED) is 0.172. The SMILES string of the molecule is COc1ccc(C2(c3ccc(OC)cc3)C=Cc3c4c(c5cc(N6CCOCC6)c(OC)cc5c3O2)-c2ccc(C(F)(F)F)cc2C42CCCCCC2)cc1. The summed E-state index contributed by atoms with van der Waals surface area (Å²) in [6.07, 6.45) is 5.27. The van der Waals surface area contributed by atoms with Crippen LogP contribution < -0.4 is 23.8 Å². The minimum Gasteiger partial charge on any atom is -0.497 e. The Labute approximate surface area is 319 Å². The summed E-state index contributed by atoms with van der Waals surface area (Å²) in [6, 6.07) is 24.5. The second kappa shape index (κ2) is 13.6. The molecule has 5 aromatic carbocycles. The molecule has 9 heteroatoms. The molecule has 0 N–H and O–H groups in total. The average molecular weight is 748 g/mol. The predicted octanol–water partition coefficient (Wildman–Crippen LogP) is 10.7. The lowest BCUT2D eigenvalue weighted by molar-refractivity contribution is -0.137. The Bertz CT molecular complexity index is 2240. The molecule has 0 atom stereocenters. The molecule has 0 unspecified atom stereocenters. The lowest BCUT2D eigenvalue weighted by Crippen LogP contribution is -2.36. The summed E-state index contributed by atoms with van der Waals surface area (Å²) >= 11 is 0. The molecule has 2 aliphatic carbocycles. The molecule has 284 valence electrons. The van der Waals surface area contributed by atoms with Crippen LogP contribution in [-0.2, 0) is 21.9 Å². The zero-order valence-electron chi connectivity index (χ0n) is 31.4. The number of anilines is 1. The van der Waals surface area contributed by atoms with E-state index in [1.54, 1.807) is 27.4 Å². The van der Waals surface area contributed by atoms with Crippen molar-refractivity contribution in [1.29, 1.82) is 0 Å². The molecule has 6 nitrogen and oxygen atoms in total. The van der Waals surface area contributed by atoms with Crippen LogP contribution in [0.3, 0.4) is 0 Å². The molecule has 0 radical (unpaired) electrons. The Morgan fingerprint density at radius 2 is 1.35 bits per heavy atom. The fourth-order valence-electron chi connectivity index (χ4n) is 9.62. The largest absolute Gasteiger partial charge is 0.497 e. The highest BCUT2D eigenvalue weighted by molar-refractivity contribution is 6.10. The maximum atomic E-state index is 14.5. The van der Waals surface area contributed by atoms with Crippen molar-refractivity contribution in [2.24, 2.45) is 0 Å². The average Bonchev–Trinajstić information content (AvgIpc) is 3.32. The Balaban J connectivity index is 1.38. The van der Waals surface area contributed by atoms with Crippen LogP contribution in [0.15, 0.2) is 84.9 Å². The molecule has 1 spiro atoms. The maximum Gasteiger partial charge on any atom is 0.416 e. The van der Waals surface area contributed by atoms with E-state index < -0.39 is 22.8 Å². The fraction of sp³-hybridized carbons (Fsp3) is 0.348. The molecular weight excluding hydrogens is 704 g/mol. The minimum atomic E-state index is -4.46. The number of ether oxygens (including phenoxy) is 5. The zero-order chi connectivity index (χ0) is 38.0. The molecule has 1 saturated carbocycles. The maximum absolute atomic E-state index is 14.5. The van der Waals surface area contributed by atoms with Crippen LogP contribution in [0.25, 0.3) is 28.0 Å². The van der Waals surface area contributed by atoms with Crippen LogP contribution >= 0.6 is 0 Å². The van der Waals surface area contributed by atoms with Crippen molar-refractivity contribution < 1.29 is 36.9 Å². The van der Waals surface area contributed by atoms with Gasteiger partial charge in [0.1, 0.15) is 23.0 Å². The summed E-state index contributed by atoms with van der Waals surface area (Å²) in [6.45, 7) is 2.58. The fourth-order valence-corrected chi connectivity index (χ4v) is 9.62. The molecule has 2 heterocycles. The molecular formula is C46H44F3NO5. The highest BCUT2D eigenvalue weighted by Gasteiger charge is 2.49. The minimum absolute atomic E-state index is 0.593. The van der Waals surface area contributed by atoms with E-state index in [-0.39, 0.29) is 0 Å². The third kappa shape index (κ3) is 5.64. The van der Waals surface area contributed by atoms with Gasteiger partial charge in [-0.3, -0.25) is 0 Å². The van der Waals surface area contributed by atoms with Gasteiger partial charge < -0.3 is 28.6 Å². The summed E-state index contributed by atoms with van der Waals surface area (Å²) in [5, 5.41) is 1.78. The molecule has 0 aromatic heterocycles. The van der Waals surface area contributed by atoms with Gasteiger partial charge in [0.15, 0.2) is 5.60 Å². The lowest BCUT2D eigenvalue weighted by Gasteiger charge is -2.40. The first-order valence-electron chi connectivity index (χ1n) is 19.1. The van der Waals surface area contributed by atoms with Crippen LogP contribution in [0.5, 0.6) is 23.0 Å². The Kier molecular flexibility index (Phi) is 8.76. The molecule has 4 aliphatic rings. The number of benzene rings is 5. The van der Waals surface area contributed by atoms with Gasteiger partial charge in [0.05, 0.1) is 45.8 Å². The van der Waals surface area contributed by atoms with Crippen LogP contribution in [0.1, 0.15) is 71.9 Å².